The zero-order valence-electron chi connectivity index (χ0n) is 16.7. The highest BCUT2D eigenvalue weighted by Crippen LogP contribution is 2.38. The molecule has 0 amide bonds. The first-order chi connectivity index (χ1) is 15.0. The average Bonchev–Trinajstić information content (AvgIpc) is 3.20. The van der Waals surface area contributed by atoms with Crippen LogP contribution < -0.4 is 5.14 Å². The monoisotopic (exact) mass is 458 g/mol. The summed E-state index contributed by atoms with van der Waals surface area (Å²) in [5.74, 6) is 0. The van der Waals surface area contributed by atoms with E-state index in [0.717, 1.165) is 21.9 Å². The number of halogens is 3. The molecule has 0 spiro atoms. The van der Waals surface area contributed by atoms with Gasteiger partial charge >= 0.3 is 6.18 Å². The standard InChI is InChI=1S/C22H17F3N4O2S/c1-14-2-7-18(15-8-10-27-11-9-15)19(12-14)20-13-21(22(23,24)25)28-29(20)16-3-5-17(6-4-16)32(26,30)31/h2-13H,1H3,(H2,26,30,31). The van der Waals surface area contributed by atoms with Crippen molar-refractivity contribution in [3.05, 3.63) is 84.3 Å². The molecule has 0 aliphatic carbocycles. The van der Waals surface area contributed by atoms with Gasteiger partial charge in [0.15, 0.2) is 5.69 Å². The van der Waals surface area contributed by atoms with E-state index < -0.39 is 21.9 Å². The number of benzene rings is 2. The summed E-state index contributed by atoms with van der Waals surface area (Å²) in [6.45, 7) is 1.84. The van der Waals surface area contributed by atoms with Gasteiger partial charge in [0.05, 0.1) is 16.3 Å². The summed E-state index contributed by atoms with van der Waals surface area (Å²) in [6.07, 6.45) is -1.46. The second-order valence-electron chi connectivity index (χ2n) is 7.15. The third kappa shape index (κ3) is 4.27. The highest BCUT2D eigenvalue weighted by atomic mass is 32.2. The first-order valence-corrected chi connectivity index (χ1v) is 10.9. The fourth-order valence-electron chi connectivity index (χ4n) is 3.34. The van der Waals surface area contributed by atoms with E-state index in [1.54, 1.807) is 30.6 Å². The molecule has 2 aromatic carbocycles. The van der Waals surface area contributed by atoms with Crippen LogP contribution in [-0.2, 0) is 16.2 Å². The zero-order chi connectivity index (χ0) is 23.1. The van der Waals surface area contributed by atoms with Crippen molar-refractivity contribution in [2.75, 3.05) is 0 Å². The summed E-state index contributed by atoms with van der Waals surface area (Å²) in [7, 11) is -3.95. The lowest BCUT2D eigenvalue weighted by Gasteiger charge is -2.13. The van der Waals surface area contributed by atoms with Gasteiger partial charge in [-0.25, -0.2) is 18.2 Å². The summed E-state index contributed by atoms with van der Waals surface area (Å²) in [4.78, 5) is 3.84. The third-order valence-corrected chi connectivity index (χ3v) is 5.78. The first kappa shape index (κ1) is 21.7. The number of aryl methyl sites for hydroxylation is 1. The minimum atomic E-state index is -4.67. The number of hydrogen-bond acceptors (Lipinski definition) is 4. The fourth-order valence-corrected chi connectivity index (χ4v) is 3.85. The molecule has 10 heteroatoms. The van der Waals surface area contributed by atoms with Crippen LogP contribution in [0, 0.1) is 6.92 Å². The SMILES string of the molecule is Cc1ccc(-c2ccncc2)c(-c2cc(C(F)(F)F)nn2-c2ccc(S(N)(=O)=O)cc2)c1. The highest BCUT2D eigenvalue weighted by Gasteiger charge is 2.35. The van der Waals surface area contributed by atoms with Crippen molar-refractivity contribution in [2.45, 2.75) is 18.0 Å². The predicted molar refractivity (Wildman–Crippen MR) is 113 cm³/mol. The molecule has 2 N–H and O–H groups in total. The fraction of sp³-hybridized carbons (Fsp3) is 0.0909. The number of aromatic nitrogens is 3. The van der Waals surface area contributed by atoms with Crippen molar-refractivity contribution >= 4 is 10.0 Å². The second-order valence-corrected chi connectivity index (χ2v) is 8.71. The van der Waals surface area contributed by atoms with Crippen LogP contribution >= 0.6 is 0 Å². The van der Waals surface area contributed by atoms with Gasteiger partial charge in [-0.05, 0) is 66.6 Å². The van der Waals surface area contributed by atoms with Crippen molar-refractivity contribution in [1.29, 1.82) is 0 Å². The largest absolute Gasteiger partial charge is 0.435 e. The van der Waals surface area contributed by atoms with E-state index in [1.165, 1.54) is 24.3 Å². The van der Waals surface area contributed by atoms with Crippen molar-refractivity contribution in [3.63, 3.8) is 0 Å². The quantitative estimate of drug-likeness (QED) is 0.485. The maximum absolute atomic E-state index is 13.6. The molecule has 0 saturated heterocycles. The molecular weight excluding hydrogens is 441 g/mol. The van der Waals surface area contributed by atoms with E-state index in [4.69, 9.17) is 5.14 Å². The van der Waals surface area contributed by atoms with Crippen molar-refractivity contribution in [2.24, 2.45) is 5.14 Å². The van der Waals surface area contributed by atoms with Gasteiger partial charge in [-0.1, -0.05) is 17.7 Å². The minimum absolute atomic E-state index is 0.154. The molecule has 2 aromatic heterocycles. The molecule has 0 aliphatic rings. The molecule has 0 unspecified atom stereocenters. The van der Waals surface area contributed by atoms with E-state index >= 15 is 0 Å². The molecule has 164 valence electrons. The lowest BCUT2D eigenvalue weighted by atomic mass is 9.96. The van der Waals surface area contributed by atoms with Crippen LogP contribution in [0.2, 0.25) is 0 Å². The Morgan fingerprint density at radius 1 is 0.906 bits per heavy atom. The Morgan fingerprint density at radius 2 is 1.56 bits per heavy atom. The number of rotatable bonds is 4. The van der Waals surface area contributed by atoms with Gasteiger partial charge in [0.1, 0.15) is 0 Å². The predicted octanol–water partition coefficient (Wildman–Crippen LogP) is 4.58. The minimum Gasteiger partial charge on any atom is -0.265 e. The van der Waals surface area contributed by atoms with E-state index in [2.05, 4.69) is 10.1 Å². The Bertz CT molecular complexity index is 1380. The van der Waals surface area contributed by atoms with Crippen LogP contribution in [-0.4, -0.2) is 23.2 Å². The number of sulfonamides is 1. The molecule has 0 radical (unpaired) electrons. The third-order valence-electron chi connectivity index (χ3n) is 4.85. The van der Waals surface area contributed by atoms with E-state index in [9.17, 15) is 21.6 Å². The number of primary sulfonamides is 1. The van der Waals surface area contributed by atoms with E-state index in [0.29, 0.717) is 11.1 Å². The van der Waals surface area contributed by atoms with Crippen LogP contribution in [0.5, 0.6) is 0 Å². The second kappa shape index (κ2) is 7.88. The van der Waals surface area contributed by atoms with Crippen molar-refractivity contribution in [3.8, 4) is 28.1 Å². The van der Waals surface area contributed by atoms with Crippen LogP contribution in [0.3, 0.4) is 0 Å². The Morgan fingerprint density at radius 3 is 2.16 bits per heavy atom. The summed E-state index contributed by atoms with van der Waals surface area (Å²) in [5, 5.41) is 8.91. The lowest BCUT2D eigenvalue weighted by Crippen LogP contribution is -2.12. The Kier molecular flexibility index (Phi) is 5.35. The van der Waals surface area contributed by atoms with Gasteiger partial charge in [0.2, 0.25) is 10.0 Å². The maximum atomic E-state index is 13.6. The maximum Gasteiger partial charge on any atom is 0.435 e. The van der Waals surface area contributed by atoms with E-state index in [1.807, 2.05) is 19.1 Å². The summed E-state index contributed by atoms with van der Waals surface area (Å²) in [5.41, 5.74) is 2.26. The van der Waals surface area contributed by atoms with Crippen LogP contribution in [0.15, 0.2) is 78.0 Å². The van der Waals surface area contributed by atoms with Crippen molar-refractivity contribution < 1.29 is 21.6 Å². The number of nitrogens with two attached hydrogens (primary N) is 1. The van der Waals surface area contributed by atoms with Crippen molar-refractivity contribution in [1.82, 2.24) is 14.8 Å². The molecule has 6 nitrogen and oxygen atoms in total. The molecule has 0 atom stereocenters. The van der Waals surface area contributed by atoms with Crippen LogP contribution in [0.4, 0.5) is 13.2 Å². The molecule has 0 fully saturated rings. The van der Waals surface area contributed by atoms with Gasteiger partial charge in [-0.2, -0.15) is 18.3 Å². The number of hydrogen-bond donors (Lipinski definition) is 1. The molecule has 4 rings (SSSR count). The lowest BCUT2D eigenvalue weighted by molar-refractivity contribution is -0.141. The molecule has 32 heavy (non-hydrogen) atoms. The molecule has 4 aromatic rings. The average molecular weight is 458 g/mol. The Hall–Kier alpha value is -3.50. The number of alkyl halides is 3. The van der Waals surface area contributed by atoms with Gasteiger partial charge in [-0.15, -0.1) is 0 Å². The van der Waals surface area contributed by atoms with Gasteiger partial charge < -0.3 is 0 Å². The van der Waals surface area contributed by atoms with Crippen LogP contribution in [0.1, 0.15) is 11.3 Å². The Balaban J connectivity index is 1.96. The molecule has 2 heterocycles. The summed E-state index contributed by atoms with van der Waals surface area (Å²) >= 11 is 0. The summed E-state index contributed by atoms with van der Waals surface area (Å²) in [6, 6.07) is 15.2. The smallest absolute Gasteiger partial charge is 0.265 e. The number of pyridine rings is 1. The summed E-state index contributed by atoms with van der Waals surface area (Å²) < 4.78 is 64.9. The normalized spacial score (nSPS) is 12.2. The molecule has 0 saturated carbocycles. The topological polar surface area (TPSA) is 90.9 Å². The Labute approximate surface area is 182 Å². The highest BCUT2D eigenvalue weighted by molar-refractivity contribution is 7.89. The van der Waals surface area contributed by atoms with Gasteiger partial charge in [-0.3, -0.25) is 4.98 Å². The molecular formula is C22H17F3N4O2S. The van der Waals surface area contributed by atoms with Gasteiger partial charge in [0.25, 0.3) is 0 Å². The molecule has 0 bridgehead atoms. The first-order valence-electron chi connectivity index (χ1n) is 9.36. The molecule has 0 aliphatic heterocycles. The number of nitrogens with zero attached hydrogens (tertiary/aromatic N) is 3. The zero-order valence-corrected chi connectivity index (χ0v) is 17.5. The van der Waals surface area contributed by atoms with Gasteiger partial charge in [0, 0.05) is 18.0 Å². The van der Waals surface area contributed by atoms with Crippen LogP contribution in [0.25, 0.3) is 28.1 Å². The van der Waals surface area contributed by atoms with E-state index in [-0.39, 0.29) is 16.3 Å².